The van der Waals surface area contributed by atoms with E-state index in [-0.39, 0.29) is 5.91 Å². The lowest BCUT2D eigenvalue weighted by atomic mass is 10.2. The second-order valence-electron chi connectivity index (χ2n) is 4.82. The fraction of sp³-hybridized carbons (Fsp3) is 0.429. The van der Waals surface area contributed by atoms with Gasteiger partial charge in [0.25, 0.3) is 5.91 Å². The van der Waals surface area contributed by atoms with Crippen molar-refractivity contribution in [1.82, 2.24) is 5.43 Å². The number of hydrogen-bond donors (Lipinski definition) is 1. The van der Waals surface area contributed by atoms with E-state index in [0.717, 1.165) is 12.1 Å². The van der Waals surface area contributed by atoms with Crippen molar-refractivity contribution in [3.8, 4) is 0 Å². The van der Waals surface area contributed by atoms with Crippen molar-refractivity contribution in [2.24, 2.45) is 11.0 Å². The minimum Gasteiger partial charge on any atom is -0.378 e. The Labute approximate surface area is 109 Å². The number of anilines is 1. The highest BCUT2D eigenvalue weighted by molar-refractivity contribution is 5.94. The molecule has 18 heavy (non-hydrogen) atoms. The molecule has 0 saturated heterocycles. The summed E-state index contributed by atoms with van der Waals surface area (Å²) >= 11 is 0. The Hall–Kier alpha value is -1.84. The largest absolute Gasteiger partial charge is 0.378 e. The van der Waals surface area contributed by atoms with Crippen molar-refractivity contribution in [2.45, 2.75) is 20.3 Å². The average molecular weight is 247 g/mol. The van der Waals surface area contributed by atoms with Crippen LogP contribution in [0.2, 0.25) is 0 Å². The fourth-order valence-corrected chi connectivity index (χ4v) is 1.34. The summed E-state index contributed by atoms with van der Waals surface area (Å²) in [4.78, 5) is 13.7. The molecule has 0 unspecified atom stereocenters. The predicted octanol–water partition coefficient (Wildman–Crippen LogP) is 2.51. The molecular weight excluding hydrogens is 226 g/mol. The van der Waals surface area contributed by atoms with Crippen LogP contribution in [-0.4, -0.2) is 26.2 Å². The third-order valence-corrected chi connectivity index (χ3v) is 2.48. The van der Waals surface area contributed by atoms with E-state index < -0.39 is 0 Å². The summed E-state index contributed by atoms with van der Waals surface area (Å²) in [6.07, 6.45) is 2.59. The summed E-state index contributed by atoms with van der Waals surface area (Å²) in [5.41, 5.74) is 4.20. The van der Waals surface area contributed by atoms with Crippen LogP contribution in [0, 0.1) is 5.92 Å². The van der Waals surface area contributed by atoms with Crippen LogP contribution in [0.5, 0.6) is 0 Å². The van der Waals surface area contributed by atoms with Crippen LogP contribution in [0.15, 0.2) is 29.4 Å². The molecular formula is C14H21N3O. The number of rotatable bonds is 5. The number of amides is 1. The third kappa shape index (κ3) is 4.57. The highest BCUT2D eigenvalue weighted by Gasteiger charge is 2.04. The van der Waals surface area contributed by atoms with Gasteiger partial charge in [0, 0.05) is 31.6 Å². The Morgan fingerprint density at radius 3 is 2.44 bits per heavy atom. The molecule has 1 rings (SSSR count). The Morgan fingerprint density at radius 2 is 1.94 bits per heavy atom. The van der Waals surface area contributed by atoms with Crippen molar-refractivity contribution in [3.63, 3.8) is 0 Å². The molecule has 1 N–H and O–H groups in total. The van der Waals surface area contributed by atoms with Gasteiger partial charge in [-0.1, -0.05) is 13.8 Å². The minimum atomic E-state index is -0.180. The third-order valence-electron chi connectivity index (χ3n) is 2.48. The lowest BCUT2D eigenvalue weighted by molar-refractivity contribution is 0.0955. The molecule has 0 spiro atoms. The molecule has 0 aliphatic rings. The fourth-order valence-electron chi connectivity index (χ4n) is 1.34. The van der Waals surface area contributed by atoms with Gasteiger partial charge < -0.3 is 4.90 Å². The zero-order valence-corrected chi connectivity index (χ0v) is 11.5. The van der Waals surface area contributed by atoms with Crippen LogP contribution >= 0.6 is 0 Å². The summed E-state index contributed by atoms with van der Waals surface area (Å²) in [5, 5.41) is 3.91. The maximum atomic E-state index is 11.7. The number of benzene rings is 1. The van der Waals surface area contributed by atoms with Crippen LogP contribution in [0.3, 0.4) is 0 Å². The monoisotopic (exact) mass is 247 g/mol. The molecule has 0 bridgehead atoms. The van der Waals surface area contributed by atoms with Gasteiger partial charge in [-0.3, -0.25) is 4.79 Å². The zero-order valence-electron chi connectivity index (χ0n) is 11.5. The highest BCUT2D eigenvalue weighted by atomic mass is 16.2. The van der Waals surface area contributed by atoms with E-state index in [2.05, 4.69) is 24.4 Å². The summed E-state index contributed by atoms with van der Waals surface area (Å²) in [6.45, 7) is 4.21. The number of hydrazone groups is 1. The lowest BCUT2D eigenvalue weighted by Crippen LogP contribution is -2.18. The molecule has 4 heteroatoms. The minimum absolute atomic E-state index is 0.180. The molecule has 0 aromatic heterocycles. The van der Waals surface area contributed by atoms with Gasteiger partial charge in [-0.25, -0.2) is 5.43 Å². The van der Waals surface area contributed by atoms with Gasteiger partial charge in [-0.05, 0) is 36.6 Å². The molecule has 4 nitrogen and oxygen atoms in total. The van der Waals surface area contributed by atoms with E-state index in [4.69, 9.17) is 0 Å². The highest BCUT2D eigenvalue weighted by Crippen LogP contribution is 2.11. The van der Waals surface area contributed by atoms with Gasteiger partial charge in [0.1, 0.15) is 0 Å². The van der Waals surface area contributed by atoms with Gasteiger partial charge in [0.2, 0.25) is 0 Å². The standard InChI is InChI=1S/C14H21N3O/c1-11(2)9-10-15-16-14(18)12-5-7-13(8-6-12)17(3)4/h5-8,10-11H,9H2,1-4H3,(H,16,18)/b15-10+. The first-order chi connectivity index (χ1) is 8.50. The lowest BCUT2D eigenvalue weighted by Gasteiger charge is -2.12. The molecule has 0 atom stereocenters. The van der Waals surface area contributed by atoms with Crippen molar-refractivity contribution >= 4 is 17.8 Å². The Kier molecular flexibility index (Phi) is 5.36. The second-order valence-corrected chi connectivity index (χ2v) is 4.82. The first-order valence-electron chi connectivity index (χ1n) is 6.10. The Morgan fingerprint density at radius 1 is 1.33 bits per heavy atom. The van der Waals surface area contributed by atoms with Crippen LogP contribution in [0.25, 0.3) is 0 Å². The van der Waals surface area contributed by atoms with Crippen LogP contribution in [0.4, 0.5) is 5.69 Å². The quantitative estimate of drug-likeness (QED) is 0.642. The number of carbonyl (C=O) groups excluding carboxylic acids is 1. The molecule has 0 aliphatic heterocycles. The smallest absolute Gasteiger partial charge is 0.271 e. The molecule has 1 aromatic rings. The van der Waals surface area contributed by atoms with Crippen LogP contribution in [0.1, 0.15) is 30.6 Å². The molecule has 0 fully saturated rings. The molecule has 0 saturated carbocycles. The summed E-state index contributed by atoms with van der Waals surface area (Å²) in [7, 11) is 3.93. The van der Waals surface area contributed by atoms with Crippen molar-refractivity contribution < 1.29 is 4.79 Å². The normalized spacial score (nSPS) is 10.9. The first kappa shape index (κ1) is 14.2. The first-order valence-corrected chi connectivity index (χ1v) is 6.10. The number of carbonyl (C=O) groups is 1. The van der Waals surface area contributed by atoms with Gasteiger partial charge in [-0.2, -0.15) is 5.10 Å². The average Bonchev–Trinajstić information content (AvgIpc) is 2.34. The van der Waals surface area contributed by atoms with E-state index in [9.17, 15) is 4.79 Å². The van der Waals surface area contributed by atoms with Crippen molar-refractivity contribution in [2.75, 3.05) is 19.0 Å². The maximum absolute atomic E-state index is 11.7. The number of hydrogen-bond acceptors (Lipinski definition) is 3. The Balaban J connectivity index is 2.54. The van der Waals surface area contributed by atoms with Gasteiger partial charge >= 0.3 is 0 Å². The van der Waals surface area contributed by atoms with Gasteiger partial charge in [0.05, 0.1) is 0 Å². The Bertz CT molecular complexity index is 408. The predicted molar refractivity (Wildman–Crippen MR) is 76.2 cm³/mol. The number of nitrogens with zero attached hydrogens (tertiary/aromatic N) is 2. The van der Waals surface area contributed by atoms with E-state index >= 15 is 0 Å². The molecule has 1 amide bonds. The maximum Gasteiger partial charge on any atom is 0.271 e. The SMILES string of the molecule is CC(C)C/C=N/NC(=O)c1ccc(N(C)C)cc1. The van der Waals surface area contributed by atoms with Gasteiger partial charge in [-0.15, -0.1) is 0 Å². The molecule has 0 aliphatic carbocycles. The summed E-state index contributed by atoms with van der Waals surface area (Å²) < 4.78 is 0. The zero-order chi connectivity index (χ0) is 13.5. The van der Waals surface area contributed by atoms with Crippen molar-refractivity contribution in [3.05, 3.63) is 29.8 Å². The van der Waals surface area contributed by atoms with Crippen LogP contribution in [-0.2, 0) is 0 Å². The molecule has 0 radical (unpaired) electrons. The molecule has 98 valence electrons. The molecule has 0 heterocycles. The van der Waals surface area contributed by atoms with Crippen LogP contribution < -0.4 is 10.3 Å². The second kappa shape index (κ2) is 6.79. The molecule has 1 aromatic carbocycles. The van der Waals surface area contributed by atoms with Crippen molar-refractivity contribution in [1.29, 1.82) is 0 Å². The van der Waals surface area contributed by atoms with Gasteiger partial charge in [0.15, 0.2) is 0 Å². The summed E-state index contributed by atoms with van der Waals surface area (Å²) in [6, 6.07) is 7.41. The van der Waals surface area contributed by atoms with E-state index in [1.54, 1.807) is 18.3 Å². The number of nitrogens with one attached hydrogen (secondary N) is 1. The van der Waals surface area contributed by atoms with E-state index in [1.807, 2.05) is 31.1 Å². The van der Waals surface area contributed by atoms with E-state index in [1.165, 1.54) is 0 Å². The topological polar surface area (TPSA) is 44.7 Å². The van der Waals surface area contributed by atoms with E-state index in [0.29, 0.717) is 11.5 Å². The summed E-state index contributed by atoms with van der Waals surface area (Å²) in [5.74, 6) is 0.366.